The van der Waals surface area contributed by atoms with Crippen LogP contribution in [0.25, 0.3) is 5.76 Å². The van der Waals surface area contributed by atoms with Crippen molar-refractivity contribution in [2.24, 2.45) is 0 Å². The lowest BCUT2D eigenvalue weighted by Crippen LogP contribution is -2.29. The smallest absolute Gasteiger partial charge is 0.308 e. The SMILES string of the molecule is COc1c(C)cc(C)cc1/C(O)=C1\C(=O)C(=O)N(c2ccc(C)c(C)c2)C1c1cccc(OC(C)=O)c1. The zero-order valence-electron chi connectivity index (χ0n) is 21.7. The quantitative estimate of drug-likeness (QED) is 0.164. The van der Waals surface area contributed by atoms with E-state index >= 15 is 0 Å². The maximum atomic E-state index is 13.5. The molecule has 3 aromatic carbocycles. The number of esters is 1. The van der Waals surface area contributed by atoms with Crippen LogP contribution in [0, 0.1) is 27.7 Å². The van der Waals surface area contributed by atoms with Gasteiger partial charge in [0, 0.05) is 12.6 Å². The van der Waals surface area contributed by atoms with Crippen LogP contribution in [0.3, 0.4) is 0 Å². The number of carbonyl (C=O) groups is 3. The fourth-order valence-electron chi connectivity index (χ4n) is 4.75. The molecule has 0 aromatic heterocycles. The van der Waals surface area contributed by atoms with E-state index in [4.69, 9.17) is 9.47 Å². The van der Waals surface area contributed by atoms with Gasteiger partial charge in [0.2, 0.25) is 0 Å². The molecule has 0 bridgehead atoms. The maximum Gasteiger partial charge on any atom is 0.308 e. The van der Waals surface area contributed by atoms with E-state index < -0.39 is 23.7 Å². The lowest BCUT2D eigenvalue weighted by atomic mass is 9.93. The summed E-state index contributed by atoms with van der Waals surface area (Å²) < 4.78 is 10.8. The van der Waals surface area contributed by atoms with Gasteiger partial charge in [-0.05, 0) is 85.8 Å². The molecule has 1 saturated heterocycles. The lowest BCUT2D eigenvalue weighted by Gasteiger charge is -2.26. The first-order valence-corrected chi connectivity index (χ1v) is 11.9. The van der Waals surface area contributed by atoms with Gasteiger partial charge < -0.3 is 14.6 Å². The number of aliphatic hydroxyl groups excluding tert-OH is 1. The number of anilines is 1. The number of ketones is 1. The van der Waals surface area contributed by atoms with Gasteiger partial charge in [-0.3, -0.25) is 19.3 Å². The van der Waals surface area contributed by atoms with Gasteiger partial charge in [0.05, 0.1) is 24.3 Å². The van der Waals surface area contributed by atoms with Crippen LogP contribution in [-0.2, 0) is 14.4 Å². The van der Waals surface area contributed by atoms with Crippen LogP contribution in [0.5, 0.6) is 11.5 Å². The van der Waals surface area contributed by atoms with E-state index in [0.717, 1.165) is 22.3 Å². The molecule has 1 unspecified atom stereocenters. The van der Waals surface area contributed by atoms with Gasteiger partial charge in [0.15, 0.2) is 0 Å². The molecule has 1 amide bonds. The summed E-state index contributed by atoms with van der Waals surface area (Å²) in [5.41, 5.74) is 4.88. The van der Waals surface area contributed by atoms with E-state index in [1.807, 2.05) is 45.9 Å². The number of aryl methyl sites for hydroxylation is 4. The fraction of sp³-hybridized carbons (Fsp3) is 0.233. The van der Waals surface area contributed by atoms with Gasteiger partial charge in [-0.1, -0.05) is 24.3 Å². The number of Topliss-reactive ketones (excluding diaryl/α,β-unsaturated/α-hetero) is 1. The first kappa shape index (κ1) is 25.7. The average molecular weight is 500 g/mol. The number of aliphatic hydroxyl groups is 1. The summed E-state index contributed by atoms with van der Waals surface area (Å²) in [5, 5.41) is 11.6. The number of methoxy groups -OCH3 is 1. The number of ether oxygens (including phenoxy) is 2. The van der Waals surface area contributed by atoms with E-state index in [1.165, 1.54) is 18.9 Å². The Morgan fingerprint density at radius 1 is 0.919 bits per heavy atom. The standard InChI is InChI=1S/C30H29NO6/c1-16-12-19(4)29(36-6)24(13-16)27(33)25-26(21-8-7-9-23(15-21)37-20(5)32)31(30(35)28(25)34)22-11-10-17(2)18(3)14-22/h7-15,26,33H,1-6H3/b27-25+. The van der Waals surface area contributed by atoms with Crippen molar-refractivity contribution in [2.45, 2.75) is 40.7 Å². The molecule has 37 heavy (non-hydrogen) atoms. The molecule has 1 fully saturated rings. The first-order valence-electron chi connectivity index (χ1n) is 11.9. The first-order chi connectivity index (χ1) is 17.5. The largest absolute Gasteiger partial charge is 0.507 e. The number of benzene rings is 3. The minimum atomic E-state index is -0.969. The molecule has 7 nitrogen and oxygen atoms in total. The minimum absolute atomic E-state index is 0.0773. The Morgan fingerprint density at radius 2 is 1.65 bits per heavy atom. The number of hydrogen-bond acceptors (Lipinski definition) is 6. The average Bonchev–Trinajstić information content (AvgIpc) is 3.10. The highest BCUT2D eigenvalue weighted by Gasteiger charge is 2.47. The van der Waals surface area contributed by atoms with E-state index in [2.05, 4.69) is 0 Å². The van der Waals surface area contributed by atoms with Gasteiger partial charge in [-0.25, -0.2) is 0 Å². The second kappa shape index (κ2) is 9.93. The molecule has 1 heterocycles. The summed E-state index contributed by atoms with van der Waals surface area (Å²) in [6.07, 6.45) is 0. The Balaban J connectivity index is 2.02. The molecule has 0 saturated carbocycles. The molecule has 7 heteroatoms. The Hall–Kier alpha value is -4.39. The van der Waals surface area contributed by atoms with Gasteiger partial charge in [0.25, 0.3) is 11.7 Å². The predicted octanol–water partition coefficient (Wildman–Crippen LogP) is 5.48. The maximum absolute atomic E-state index is 13.5. The summed E-state index contributed by atoms with van der Waals surface area (Å²) >= 11 is 0. The minimum Gasteiger partial charge on any atom is -0.507 e. The highest BCUT2D eigenvalue weighted by atomic mass is 16.5. The van der Waals surface area contributed by atoms with E-state index in [0.29, 0.717) is 22.6 Å². The number of rotatable bonds is 5. The molecule has 4 rings (SSSR count). The highest BCUT2D eigenvalue weighted by molar-refractivity contribution is 6.51. The van der Waals surface area contributed by atoms with Crippen LogP contribution in [0.1, 0.15) is 46.3 Å². The zero-order valence-corrected chi connectivity index (χ0v) is 21.7. The van der Waals surface area contributed by atoms with Gasteiger partial charge >= 0.3 is 5.97 Å². The van der Waals surface area contributed by atoms with Crippen LogP contribution in [0.4, 0.5) is 5.69 Å². The third kappa shape index (κ3) is 4.72. The van der Waals surface area contributed by atoms with E-state index in [9.17, 15) is 19.5 Å². The van der Waals surface area contributed by atoms with Crippen LogP contribution < -0.4 is 14.4 Å². The summed E-state index contributed by atoms with van der Waals surface area (Å²) in [6.45, 7) is 8.89. The van der Waals surface area contributed by atoms with Crippen LogP contribution >= 0.6 is 0 Å². The molecule has 190 valence electrons. The van der Waals surface area contributed by atoms with Crippen molar-refractivity contribution in [3.8, 4) is 11.5 Å². The third-order valence-electron chi connectivity index (χ3n) is 6.53. The number of nitrogens with zero attached hydrogens (tertiary/aromatic N) is 1. The Bertz CT molecular complexity index is 1470. The summed E-state index contributed by atoms with van der Waals surface area (Å²) in [7, 11) is 1.49. The van der Waals surface area contributed by atoms with Crippen LogP contribution in [0.15, 0.2) is 60.2 Å². The monoisotopic (exact) mass is 499 g/mol. The second-order valence-corrected chi connectivity index (χ2v) is 9.27. The normalized spacial score (nSPS) is 16.7. The molecule has 3 aromatic rings. The second-order valence-electron chi connectivity index (χ2n) is 9.27. The molecule has 0 spiro atoms. The molecular weight excluding hydrogens is 470 g/mol. The van der Waals surface area contributed by atoms with Crippen molar-refractivity contribution in [3.63, 3.8) is 0 Å². The van der Waals surface area contributed by atoms with E-state index in [1.54, 1.807) is 36.4 Å². The van der Waals surface area contributed by atoms with Gasteiger partial charge in [-0.15, -0.1) is 0 Å². The van der Waals surface area contributed by atoms with Crippen molar-refractivity contribution < 1.29 is 29.0 Å². The van der Waals surface area contributed by atoms with Crippen molar-refractivity contribution in [3.05, 3.63) is 93.6 Å². The van der Waals surface area contributed by atoms with Gasteiger partial charge in [0.1, 0.15) is 17.3 Å². The van der Waals surface area contributed by atoms with Gasteiger partial charge in [-0.2, -0.15) is 0 Å². The Labute approximate surface area is 215 Å². The lowest BCUT2D eigenvalue weighted by molar-refractivity contribution is -0.132. The Kier molecular flexibility index (Phi) is 6.90. The molecule has 0 aliphatic carbocycles. The summed E-state index contributed by atoms with van der Waals surface area (Å²) in [6, 6.07) is 14.7. The zero-order chi connectivity index (χ0) is 27.0. The molecule has 1 N–H and O–H groups in total. The molecule has 1 atom stereocenters. The third-order valence-corrected chi connectivity index (χ3v) is 6.53. The fourth-order valence-corrected chi connectivity index (χ4v) is 4.75. The summed E-state index contributed by atoms with van der Waals surface area (Å²) in [5.74, 6) is -1.75. The number of carbonyl (C=O) groups excluding carboxylic acids is 3. The van der Waals surface area contributed by atoms with E-state index in [-0.39, 0.29) is 17.1 Å². The van der Waals surface area contributed by atoms with Crippen LogP contribution in [-0.4, -0.2) is 29.9 Å². The molecular formula is C30H29NO6. The van der Waals surface area contributed by atoms with Crippen molar-refractivity contribution in [2.75, 3.05) is 12.0 Å². The van der Waals surface area contributed by atoms with Crippen LogP contribution in [0.2, 0.25) is 0 Å². The van der Waals surface area contributed by atoms with Crippen molar-refractivity contribution >= 4 is 29.1 Å². The van der Waals surface area contributed by atoms with Crippen molar-refractivity contribution in [1.82, 2.24) is 0 Å². The molecule has 1 aliphatic heterocycles. The Morgan fingerprint density at radius 3 is 2.30 bits per heavy atom. The highest BCUT2D eigenvalue weighted by Crippen LogP contribution is 2.44. The topological polar surface area (TPSA) is 93.1 Å². The number of hydrogen-bond donors (Lipinski definition) is 1. The molecule has 1 aliphatic rings. The molecule has 0 radical (unpaired) electrons. The number of amides is 1. The summed E-state index contributed by atoms with van der Waals surface area (Å²) in [4.78, 5) is 40.0. The van der Waals surface area contributed by atoms with Crippen molar-refractivity contribution in [1.29, 1.82) is 0 Å². The predicted molar refractivity (Wildman–Crippen MR) is 141 cm³/mol.